The Morgan fingerprint density at radius 2 is 2.07 bits per heavy atom. The van der Waals surface area contributed by atoms with Crippen molar-refractivity contribution >= 4 is 52.0 Å². The standard InChI is InChI=1S/C19H20N4O5S2/c1-28-17(26)12-10-30-18(20-12)22-15(24)13(8-9-29-2)23-16(25)14(21-19(23)27)11-6-4-3-5-7-11/h3-7,10,13-14H,8-9H2,1-2H3,(H,21,27)(H,20,22,24)/t13-,14+/m1/s1. The van der Waals surface area contributed by atoms with Crippen LogP contribution in [0.4, 0.5) is 9.93 Å². The molecule has 1 saturated heterocycles. The summed E-state index contributed by atoms with van der Waals surface area (Å²) in [6.07, 6.45) is 2.15. The van der Waals surface area contributed by atoms with Gasteiger partial charge in [-0.2, -0.15) is 11.8 Å². The molecule has 1 aromatic heterocycles. The molecule has 1 aliphatic rings. The van der Waals surface area contributed by atoms with Gasteiger partial charge in [0.1, 0.15) is 12.1 Å². The van der Waals surface area contributed by atoms with E-state index in [4.69, 9.17) is 0 Å². The molecule has 4 amide bonds. The van der Waals surface area contributed by atoms with Crippen LogP contribution in [-0.2, 0) is 14.3 Å². The van der Waals surface area contributed by atoms with Crippen LogP contribution in [-0.4, -0.2) is 58.9 Å². The molecule has 2 aromatic rings. The van der Waals surface area contributed by atoms with Crippen LogP contribution in [0.15, 0.2) is 35.7 Å². The van der Waals surface area contributed by atoms with E-state index in [0.717, 1.165) is 16.2 Å². The van der Waals surface area contributed by atoms with Gasteiger partial charge in [-0.1, -0.05) is 30.3 Å². The van der Waals surface area contributed by atoms with E-state index in [2.05, 4.69) is 20.4 Å². The molecular weight excluding hydrogens is 428 g/mol. The Hall–Kier alpha value is -2.92. The van der Waals surface area contributed by atoms with Gasteiger partial charge in [-0.15, -0.1) is 11.3 Å². The number of urea groups is 1. The number of carbonyl (C=O) groups is 4. The summed E-state index contributed by atoms with van der Waals surface area (Å²) in [5, 5.41) is 6.89. The second-order valence-electron chi connectivity index (χ2n) is 6.32. The predicted molar refractivity (Wildman–Crippen MR) is 113 cm³/mol. The van der Waals surface area contributed by atoms with Gasteiger partial charge in [-0.25, -0.2) is 19.5 Å². The highest BCUT2D eigenvalue weighted by Gasteiger charge is 2.45. The quantitative estimate of drug-likeness (QED) is 0.470. The number of thioether (sulfide) groups is 1. The number of carbonyl (C=O) groups excluding carboxylic acids is 4. The Balaban J connectivity index is 1.80. The summed E-state index contributed by atoms with van der Waals surface area (Å²) in [5.41, 5.74) is 0.711. The van der Waals surface area contributed by atoms with Gasteiger partial charge in [0, 0.05) is 5.38 Å². The van der Waals surface area contributed by atoms with Crippen molar-refractivity contribution in [3.8, 4) is 0 Å². The molecule has 0 bridgehead atoms. The van der Waals surface area contributed by atoms with E-state index in [-0.39, 0.29) is 17.2 Å². The van der Waals surface area contributed by atoms with Gasteiger partial charge < -0.3 is 15.4 Å². The number of nitrogens with zero attached hydrogens (tertiary/aromatic N) is 2. The maximum absolute atomic E-state index is 13.0. The number of imide groups is 1. The number of anilines is 1. The molecule has 9 nitrogen and oxygen atoms in total. The molecular formula is C19H20N4O5S2. The summed E-state index contributed by atoms with van der Waals surface area (Å²) in [4.78, 5) is 55.1. The first-order valence-corrected chi connectivity index (χ1v) is 11.3. The van der Waals surface area contributed by atoms with Gasteiger partial charge in [0.05, 0.1) is 7.11 Å². The van der Waals surface area contributed by atoms with Crippen molar-refractivity contribution in [2.45, 2.75) is 18.5 Å². The van der Waals surface area contributed by atoms with Crippen molar-refractivity contribution in [3.63, 3.8) is 0 Å². The van der Waals surface area contributed by atoms with Crippen molar-refractivity contribution in [1.82, 2.24) is 15.2 Å². The molecule has 1 aromatic carbocycles. The molecule has 0 radical (unpaired) electrons. The summed E-state index contributed by atoms with van der Waals surface area (Å²) in [6.45, 7) is 0. The van der Waals surface area contributed by atoms with Crippen LogP contribution in [0, 0.1) is 0 Å². The highest BCUT2D eigenvalue weighted by atomic mass is 32.2. The van der Waals surface area contributed by atoms with E-state index in [1.54, 1.807) is 24.3 Å². The van der Waals surface area contributed by atoms with Crippen LogP contribution < -0.4 is 10.6 Å². The fraction of sp³-hybridized carbons (Fsp3) is 0.316. The first-order valence-electron chi connectivity index (χ1n) is 8.98. The molecule has 3 rings (SSSR count). The lowest BCUT2D eigenvalue weighted by atomic mass is 10.1. The molecule has 1 fully saturated rings. The number of thiazole rings is 1. The molecule has 11 heteroatoms. The van der Waals surface area contributed by atoms with Crippen molar-refractivity contribution in [2.75, 3.05) is 24.4 Å². The molecule has 2 N–H and O–H groups in total. The number of aromatic nitrogens is 1. The van der Waals surface area contributed by atoms with Crippen LogP contribution >= 0.6 is 23.1 Å². The van der Waals surface area contributed by atoms with Crippen LogP contribution in [0.5, 0.6) is 0 Å². The topological polar surface area (TPSA) is 118 Å². The number of hydrogen-bond acceptors (Lipinski definition) is 8. The maximum Gasteiger partial charge on any atom is 0.357 e. The number of rotatable bonds is 8. The van der Waals surface area contributed by atoms with E-state index >= 15 is 0 Å². The first-order chi connectivity index (χ1) is 14.5. The summed E-state index contributed by atoms with van der Waals surface area (Å²) in [7, 11) is 1.24. The summed E-state index contributed by atoms with van der Waals surface area (Å²) in [5.74, 6) is -1.09. The number of nitrogens with one attached hydrogen (secondary N) is 2. The van der Waals surface area contributed by atoms with Crippen molar-refractivity contribution in [3.05, 3.63) is 47.0 Å². The average molecular weight is 449 g/mol. The number of ether oxygens (including phenoxy) is 1. The lowest BCUT2D eigenvalue weighted by Crippen LogP contribution is -2.48. The minimum Gasteiger partial charge on any atom is -0.464 e. The zero-order chi connectivity index (χ0) is 21.7. The van der Waals surface area contributed by atoms with Crippen molar-refractivity contribution in [2.24, 2.45) is 0 Å². The van der Waals surface area contributed by atoms with Crippen molar-refractivity contribution in [1.29, 1.82) is 0 Å². The molecule has 0 spiro atoms. The lowest BCUT2D eigenvalue weighted by Gasteiger charge is -2.24. The van der Waals surface area contributed by atoms with E-state index in [9.17, 15) is 19.2 Å². The third-order valence-electron chi connectivity index (χ3n) is 4.44. The van der Waals surface area contributed by atoms with E-state index in [0.29, 0.717) is 11.3 Å². The van der Waals surface area contributed by atoms with Crippen LogP contribution in [0.25, 0.3) is 0 Å². The summed E-state index contributed by atoms with van der Waals surface area (Å²) in [6, 6.07) is 6.38. The van der Waals surface area contributed by atoms with Gasteiger partial charge in [-0.05, 0) is 24.0 Å². The van der Waals surface area contributed by atoms with E-state index in [1.807, 2.05) is 12.3 Å². The molecule has 0 aliphatic carbocycles. The Morgan fingerprint density at radius 1 is 1.33 bits per heavy atom. The van der Waals surface area contributed by atoms with Crippen LogP contribution in [0.3, 0.4) is 0 Å². The third kappa shape index (κ3) is 4.62. The highest BCUT2D eigenvalue weighted by Crippen LogP contribution is 2.26. The Bertz CT molecular complexity index is 949. The lowest BCUT2D eigenvalue weighted by molar-refractivity contribution is -0.134. The largest absolute Gasteiger partial charge is 0.464 e. The first kappa shape index (κ1) is 21.8. The summed E-state index contributed by atoms with van der Waals surface area (Å²) < 4.78 is 4.60. The monoisotopic (exact) mass is 448 g/mol. The second-order valence-corrected chi connectivity index (χ2v) is 8.16. The van der Waals surface area contributed by atoms with Gasteiger partial charge in [0.15, 0.2) is 10.8 Å². The van der Waals surface area contributed by atoms with Crippen molar-refractivity contribution < 1.29 is 23.9 Å². The number of amides is 4. The number of methoxy groups -OCH3 is 1. The fourth-order valence-corrected chi connectivity index (χ4v) is 4.13. The van der Waals surface area contributed by atoms with Gasteiger partial charge in [0.25, 0.3) is 5.91 Å². The molecule has 1 aliphatic heterocycles. The minimum absolute atomic E-state index is 0.0672. The minimum atomic E-state index is -1.01. The van der Waals surface area contributed by atoms with E-state index in [1.165, 1.54) is 24.3 Å². The number of esters is 1. The average Bonchev–Trinajstić information content (AvgIpc) is 3.33. The SMILES string of the molecule is COC(=O)c1csc(NC(=O)[C@@H](CCSC)N2C(=O)N[C@@H](c3ccccc3)C2=O)n1. The van der Waals surface area contributed by atoms with E-state index < -0.39 is 35.9 Å². The summed E-state index contributed by atoms with van der Waals surface area (Å²) >= 11 is 2.55. The maximum atomic E-state index is 13.0. The van der Waals surface area contributed by atoms with Gasteiger partial charge >= 0.3 is 12.0 Å². The van der Waals surface area contributed by atoms with Crippen LogP contribution in [0.2, 0.25) is 0 Å². The molecule has 30 heavy (non-hydrogen) atoms. The Kier molecular flexibility index (Phi) is 7.06. The second kappa shape index (κ2) is 9.72. The third-order valence-corrected chi connectivity index (χ3v) is 5.84. The Labute approximate surface area is 181 Å². The fourth-order valence-electron chi connectivity index (χ4n) is 2.99. The smallest absolute Gasteiger partial charge is 0.357 e. The zero-order valence-electron chi connectivity index (χ0n) is 16.3. The number of benzene rings is 1. The normalized spacial score (nSPS) is 16.9. The van der Waals surface area contributed by atoms with Crippen LogP contribution in [0.1, 0.15) is 28.5 Å². The van der Waals surface area contributed by atoms with Gasteiger partial charge in [-0.3, -0.25) is 9.59 Å². The number of hydrogen-bond donors (Lipinski definition) is 2. The molecule has 158 valence electrons. The molecule has 2 heterocycles. The zero-order valence-corrected chi connectivity index (χ0v) is 17.9. The molecule has 0 saturated carbocycles. The Morgan fingerprint density at radius 3 is 2.73 bits per heavy atom. The van der Waals surface area contributed by atoms with Gasteiger partial charge in [0.2, 0.25) is 5.91 Å². The molecule has 2 atom stereocenters. The highest BCUT2D eigenvalue weighted by molar-refractivity contribution is 7.98. The molecule has 0 unspecified atom stereocenters. The predicted octanol–water partition coefficient (Wildman–Crippen LogP) is 2.28.